The first-order chi connectivity index (χ1) is 19.0. The van der Waals surface area contributed by atoms with Crippen molar-refractivity contribution in [3.05, 3.63) is 66.0 Å². The molecule has 1 fully saturated rings. The summed E-state index contributed by atoms with van der Waals surface area (Å²) in [4.78, 5) is 34.2. The van der Waals surface area contributed by atoms with Gasteiger partial charge in [0.05, 0.1) is 19.9 Å². The van der Waals surface area contributed by atoms with E-state index < -0.39 is 11.9 Å². The average molecular weight is 529 g/mol. The number of methoxy groups -OCH3 is 2. The van der Waals surface area contributed by atoms with E-state index >= 15 is 0 Å². The van der Waals surface area contributed by atoms with E-state index in [2.05, 4.69) is 10.3 Å². The second-order valence-corrected chi connectivity index (χ2v) is 9.86. The van der Waals surface area contributed by atoms with Crippen LogP contribution in [0.5, 0.6) is 11.5 Å². The summed E-state index contributed by atoms with van der Waals surface area (Å²) in [7, 11) is 3.20. The zero-order valence-electron chi connectivity index (χ0n) is 22.1. The zero-order chi connectivity index (χ0) is 27.4. The number of anilines is 1. The molecule has 202 valence electrons. The Hall–Kier alpha value is -4.40. The Balaban J connectivity index is 1.52. The molecule has 39 heavy (non-hydrogen) atoms. The summed E-state index contributed by atoms with van der Waals surface area (Å²) in [6.45, 7) is -0.342. The number of carboxylic acids is 1. The lowest BCUT2D eigenvalue weighted by Crippen LogP contribution is -2.21. The van der Waals surface area contributed by atoms with Gasteiger partial charge in [0.2, 0.25) is 5.95 Å². The summed E-state index contributed by atoms with van der Waals surface area (Å²) < 4.78 is 12.5. The maximum atomic E-state index is 13.4. The number of benzene rings is 2. The number of para-hydroxylation sites is 1. The van der Waals surface area contributed by atoms with Crippen molar-refractivity contribution >= 4 is 28.7 Å². The van der Waals surface area contributed by atoms with Crippen LogP contribution in [0.15, 0.2) is 54.7 Å². The maximum absolute atomic E-state index is 13.4. The van der Waals surface area contributed by atoms with Crippen molar-refractivity contribution in [2.24, 2.45) is 5.92 Å². The Morgan fingerprint density at radius 2 is 1.85 bits per heavy atom. The van der Waals surface area contributed by atoms with Crippen molar-refractivity contribution in [1.29, 1.82) is 0 Å². The molecule has 4 aromatic rings. The number of carbonyl (C=O) groups excluding carboxylic acids is 1. The van der Waals surface area contributed by atoms with E-state index in [-0.39, 0.29) is 18.2 Å². The molecular weight excluding hydrogens is 496 g/mol. The molecule has 2 aromatic heterocycles. The van der Waals surface area contributed by atoms with Crippen LogP contribution in [-0.4, -0.2) is 45.7 Å². The highest BCUT2D eigenvalue weighted by atomic mass is 16.5. The minimum Gasteiger partial charge on any atom is -0.497 e. The van der Waals surface area contributed by atoms with Gasteiger partial charge in [0, 0.05) is 28.7 Å². The second kappa shape index (κ2) is 11.6. The lowest BCUT2D eigenvalue weighted by Gasteiger charge is -2.23. The number of aliphatic carboxylic acids is 1. The fraction of sp³-hybridized carbons (Fsp3) is 0.333. The molecule has 2 heterocycles. The van der Waals surface area contributed by atoms with Gasteiger partial charge in [-0.15, -0.1) is 0 Å². The molecule has 0 unspecified atom stereocenters. The monoisotopic (exact) mass is 528 g/mol. The molecule has 1 saturated carbocycles. The van der Waals surface area contributed by atoms with Gasteiger partial charge in [-0.05, 0) is 42.2 Å². The minimum atomic E-state index is -1.04. The number of carboxylic acid groups (broad SMARTS) is 1. The number of amides is 1. The van der Waals surface area contributed by atoms with Gasteiger partial charge < -0.3 is 19.1 Å². The summed E-state index contributed by atoms with van der Waals surface area (Å²) in [6.07, 6.45) is 8.69. The smallest absolute Gasteiger partial charge is 0.323 e. The lowest BCUT2D eigenvalue weighted by atomic mass is 9.84. The first-order valence-electron chi connectivity index (χ1n) is 13.2. The molecule has 0 saturated heterocycles. The van der Waals surface area contributed by atoms with Crippen molar-refractivity contribution in [3.63, 3.8) is 0 Å². The summed E-state index contributed by atoms with van der Waals surface area (Å²) in [5.74, 6) is 0.433. The molecule has 0 atom stereocenters. The predicted octanol–water partition coefficient (Wildman–Crippen LogP) is 5.58. The number of carbonyl (C=O) groups is 2. The van der Waals surface area contributed by atoms with Crippen molar-refractivity contribution in [2.75, 3.05) is 19.5 Å². The Labute approximate surface area is 226 Å². The molecule has 0 radical (unpaired) electrons. The number of hydrogen-bond donors (Lipinski definition) is 2. The number of hydrogen-bond acceptors (Lipinski definition) is 6. The Morgan fingerprint density at radius 3 is 2.59 bits per heavy atom. The number of ether oxygens (including phenoxy) is 2. The maximum Gasteiger partial charge on any atom is 0.323 e. The second-order valence-electron chi connectivity index (χ2n) is 9.86. The largest absolute Gasteiger partial charge is 0.497 e. The highest BCUT2D eigenvalue weighted by Crippen LogP contribution is 2.37. The van der Waals surface area contributed by atoms with Crippen LogP contribution in [0.4, 0.5) is 5.95 Å². The number of nitrogens with one attached hydrogen (secondary N) is 1. The van der Waals surface area contributed by atoms with Crippen LogP contribution in [0, 0.1) is 5.92 Å². The highest BCUT2D eigenvalue weighted by molar-refractivity contribution is 6.06. The van der Waals surface area contributed by atoms with Crippen LogP contribution in [-0.2, 0) is 17.8 Å². The SMILES string of the molecule is COc1ccc(-c2nc(NC(=O)c3cc4ccccc4n3CC(=O)O)ncc2CC2CCCCC2)c(OC)c1. The molecule has 0 aliphatic heterocycles. The van der Waals surface area contributed by atoms with Crippen LogP contribution in [0.2, 0.25) is 0 Å². The standard InChI is InChI=1S/C30H32N4O5/c1-38-22-12-13-23(26(16-22)39-2)28-21(14-19-8-4-3-5-9-19)17-31-30(32-28)33-29(37)25-15-20-10-6-7-11-24(20)34(25)18-27(35)36/h6-7,10-13,15-17,19H,3-5,8-9,14,18H2,1-2H3,(H,35,36)(H,31,32,33,37). The van der Waals surface area contributed by atoms with E-state index in [0.717, 1.165) is 22.9 Å². The van der Waals surface area contributed by atoms with Crippen LogP contribution in [0.25, 0.3) is 22.2 Å². The Morgan fingerprint density at radius 1 is 1.05 bits per heavy atom. The topological polar surface area (TPSA) is 116 Å². The summed E-state index contributed by atoms with van der Waals surface area (Å²) in [6, 6.07) is 14.5. The van der Waals surface area contributed by atoms with Crippen LogP contribution in [0.3, 0.4) is 0 Å². The van der Waals surface area contributed by atoms with E-state index in [9.17, 15) is 14.7 Å². The lowest BCUT2D eigenvalue weighted by molar-refractivity contribution is -0.137. The molecule has 0 bridgehead atoms. The average Bonchev–Trinajstić information content (AvgIpc) is 3.32. The van der Waals surface area contributed by atoms with E-state index in [1.165, 1.54) is 36.7 Å². The molecule has 2 N–H and O–H groups in total. The van der Waals surface area contributed by atoms with Gasteiger partial charge in [-0.1, -0.05) is 50.3 Å². The first kappa shape index (κ1) is 26.2. The van der Waals surface area contributed by atoms with Crippen molar-refractivity contribution < 1.29 is 24.2 Å². The molecule has 9 heteroatoms. The normalized spacial score (nSPS) is 13.8. The molecule has 1 aliphatic rings. The third kappa shape index (κ3) is 5.72. The van der Waals surface area contributed by atoms with Gasteiger partial charge in [-0.25, -0.2) is 9.97 Å². The quantitative estimate of drug-likeness (QED) is 0.292. The van der Waals surface area contributed by atoms with Crippen LogP contribution in [0.1, 0.15) is 48.2 Å². The minimum absolute atomic E-state index is 0.132. The summed E-state index contributed by atoms with van der Waals surface area (Å²) >= 11 is 0. The van der Waals surface area contributed by atoms with Crippen LogP contribution < -0.4 is 14.8 Å². The number of nitrogens with zero attached hydrogens (tertiary/aromatic N) is 3. The molecule has 1 aliphatic carbocycles. The van der Waals surface area contributed by atoms with E-state index in [1.54, 1.807) is 32.5 Å². The van der Waals surface area contributed by atoms with Gasteiger partial charge in [0.15, 0.2) is 0 Å². The Bertz CT molecular complexity index is 1510. The molecular formula is C30H32N4O5. The first-order valence-corrected chi connectivity index (χ1v) is 13.2. The molecule has 0 spiro atoms. The molecule has 9 nitrogen and oxygen atoms in total. The highest BCUT2D eigenvalue weighted by Gasteiger charge is 2.22. The fourth-order valence-electron chi connectivity index (χ4n) is 5.42. The molecule has 2 aromatic carbocycles. The van der Waals surface area contributed by atoms with E-state index in [0.29, 0.717) is 28.6 Å². The zero-order valence-corrected chi connectivity index (χ0v) is 22.1. The molecule has 1 amide bonds. The third-order valence-electron chi connectivity index (χ3n) is 7.32. The van der Waals surface area contributed by atoms with Gasteiger partial charge in [0.25, 0.3) is 5.91 Å². The molecule has 5 rings (SSSR count). The summed E-state index contributed by atoms with van der Waals surface area (Å²) in [5.41, 5.74) is 3.34. The van der Waals surface area contributed by atoms with Gasteiger partial charge in [-0.2, -0.15) is 0 Å². The van der Waals surface area contributed by atoms with Crippen molar-refractivity contribution in [3.8, 4) is 22.8 Å². The fourth-order valence-corrected chi connectivity index (χ4v) is 5.42. The van der Waals surface area contributed by atoms with E-state index in [4.69, 9.17) is 14.5 Å². The van der Waals surface area contributed by atoms with Gasteiger partial charge in [0.1, 0.15) is 23.7 Å². The number of fused-ring (bicyclic) bond motifs is 1. The van der Waals surface area contributed by atoms with Crippen LogP contribution >= 0.6 is 0 Å². The van der Waals surface area contributed by atoms with E-state index in [1.807, 2.05) is 36.4 Å². The number of aromatic nitrogens is 3. The van der Waals surface area contributed by atoms with Gasteiger partial charge in [-0.3, -0.25) is 14.9 Å². The van der Waals surface area contributed by atoms with Gasteiger partial charge >= 0.3 is 5.97 Å². The van der Waals surface area contributed by atoms with Crippen molar-refractivity contribution in [2.45, 2.75) is 45.1 Å². The van der Waals surface area contributed by atoms with Crippen molar-refractivity contribution in [1.82, 2.24) is 14.5 Å². The third-order valence-corrected chi connectivity index (χ3v) is 7.32. The number of rotatable bonds is 9. The summed E-state index contributed by atoms with van der Waals surface area (Å²) in [5, 5.41) is 13.0. The predicted molar refractivity (Wildman–Crippen MR) is 148 cm³/mol. The Kier molecular flexibility index (Phi) is 7.76.